The number of oxazole rings is 1. The van der Waals surface area contributed by atoms with Crippen molar-refractivity contribution in [1.29, 1.82) is 0 Å². The fourth-order valence-corrected chi connectivity index (χ4v) is 3.67. The number of tetrazole rings is 1. The van der Waals surface area contributed by atoms with Crippen LogP contribution in [0.1, 0.15) is 5.69 Å². The molecule has 0 fully saturated rings. The first-order valence-corrected chi connectivity index (χ1v) is 9.24. The highest BCUT2D eigenvalue weighted by atomic mass is 32.2. The van der Waals surface area contributed by atoms with Crippen molar-refractivity contribution in [2.45, 2.75) is 10.9 Å². The molecule has 3 aromatic heterocycles. The highest BCUT2D eigenvalue weighted by Gasteiger charge is 2.14. The van der Waals surface area contributed by atoms with Crippen LogP contribution in [0.15, 0.2) is 57.6 Å². The van der Waals surface area contributed by atoms with E-state index >= 15 is 0 Å². The van der Waals surface area contributed by atoms with E-state index in [1.54, 1.807) is 29.4 Å². The highest BCUT2D eigenvalue weighted by molar-refractivity contribution is 7.98. The summed E-state index contributed by atoms with van der Waals surface area (Å²) in [5, 5.41) is 14.6. The molecule has 0 aliphatic carbocycles. The second-order valence-corrected chi connectivity index (χ2v) is 6.85. The summed E-state index contributed by atoms with van der Waals surface area (Å²) >= 11 is 3.08. The Morgan fingerprint density at radius 3 is 3.00 bits per heavy atom. The molecule has 0 amide bonds. The van der Waals surface area contributed by atoms with Crippen LogP contribution < -0.4 is 4.74 Å². The van der Waals surface area contributed by atoms with Crippen LogP contribution in [0.2, 0.25) is 0 Å². The summed E-state index contributed by atoms with van der Waals surface area (Å²) in [4.78, 5) is 5.52. The van der Waals surface area contributed by atoms with Gasteiger partial charge in [-0.2, -0.15) is 4.68 Å². The van der Waals surface area contributed by atoms with Gasteiger partial charge in [-0.1, -0.05) is 30.0 Å². The molecule has 126 valence electrons. The maximum atomic E-state index is 5.54. The van der Waals surface area contributed by atoms with Crippen molar-refractivity contribution in [2.24, 2.45) is 0 Å². The second-order valence-electron chi connectivity index (χ2n) is 4.96. The van der Waals surface area contributed by atoms with Crippen molar-refractivity contribution >= 4 is 23.1 Å². The molecule has 0 aliphatic rings. The van der Waals surface area contributed by atoms with Crippen molar-refractivity contribution in [2.75, 3.05) is 7.11 Å². The van der Waals surface area contributed by atoms with Crippen LogP contribution in [0.4, 0.5) is 0 Å². The molecular formula is C16H13N5O2S2. The van der Waals surface area contributed by atoms with E-state index in [1.807, 2.05) is 41.8 Å². The molecule has 0 aliphatic heterocycles. The van der Waals surface area contributed by atoms with Crippen molar-refractivity contribution in [1.82, 2.24) is 25.2 Å². The van der Waals surface area contributed by atoms with Crippen LogP contribution in [0.3, 0.4) is 0 Å². The van der Waals surface area contributed by atoms with E-state index in [0.29, 0.717) is 22.5 Å². The lowest BCUT2D eigenvalue weighted by Crippen LogP contribution is -2.01. The number of rotatable bonds is 6. The van der Waals surface area contributed by atoms with Gasteiger partial charge in [0.05, 0.1) is 17.7 Å². The van der Waals surface area contributed by atoms with Gasteiger partial charge in [0.2, 0.25) is 11.0 Å². The number of aromatic nitrogens is 5. The summed E-state index contributed by atoms with van der Waals surface area (Å²) in [6.45, 7) is 0. The molecule has 0 unspecified atom stereocenters. The summed E-state index contributed by atoms with van der Waals surface area (Å²) < 4.78 is 12.6. The van der Waals surface area contributed by atoms with Crippen molar-refractivity contribution in [3.8, 4) is 22.2 Å². The lowest BCUT2D eigenvalue weighted by atomic mass is 10.3. The third-order valence-electron chi connectivity index (χ3n) is 3.39. The summed E-state index contributed by atoms with van der Waals surface area (Å²) in [5.41, 5.74) is 1.62. The standard InChI is InChI=1S/C16H13N5O2S2/c1-22-13-6-3-2-5-12(13)21-16(18-19-20-21)25-10-11-9-23-15(17-11)14-7-4-8-24-14/h2-9H,10H2,1H3. The van der Waals surface area contributed by atoms with E-state index in [0.717, 1.165) is 16.3 Å². The first-order chi connectivity index (χ1) is 12.3. The number of hydrogen-bond acceptors (Lipinski definition) is 8. The number of methoxy groups -OCH3 is 1. The Balaban J connectivity index is 1.52. The number of ether oxygens (including phenoxy) is 1. The number of nitrogens with zero attached hydrogens (tertiary/aromatic N) is 5. The predicted octanol–water partition coefficient (Wildman–Crippen LogP) is 3.68. The van der Waals surface area contributed by atoms with Crippen LogP contribution >= 0.6 is 23.1 Å². The minimum atomic E-state index is 0.602. The smallest absolute Gasteiger partial charge is 0.236 e. The number of para-hydroxylation sites is 2. The molecule has 0 saturated heterocycles. The van der Waals surface area contributed by atoms with Gasteiger partial charge in [-0.25, -0.2) is 4.98 Å². The van der Waals surface area contributed by atoms with Gasteiger partial charge in [0.1, 0.15) is 17.7 Å². The average molecular weight is 371 g/mol. The van der Waals surface area contributed by atoms with Crippen molar-refractivity contribution < 1.29 is 9.15 Å². The zero-order valence-corrected chi connectivity index (χ0v) is 14.8. The Kier molecular flexibility index (Phi) is 4.49. The normalized spacial score (nSPS) is 10.9. The topological polar surface area (TPSA) is 78.9 Å². The number of thiophene rings is 1. The summed E-state index contributed by atoms with van der Waals surface area (Å²) in [5.74, 6) is 1.94. The van der Waals surface area contributed by atoms with E-state index in [-0.39, 0.29) is 0 Å². The Morgan fingerprint density at radius 1 is 1.24 bits per heavy atom. The summed E-state index contributed by atoms with van der Waals surface area (Å²) in [7, 11) is 1.62. The molecule has 4 rings (SSSR count). The van der Waals surface area contributed by atoms with E-state index in [9.17, 15) is 0 Å². The van der Waals surface area contributed by atoms with Gasteiger partial charge in [-0.15, -0.1) is 16.4 Å². The zero-order valence-electron chi connectivity index (χ0n) is 13.2. The third kappa shape index (κ3) is 3.28. The van der Waals surface area contributed by atoms with Crippen LogP contribution in [0.5, 0.6) is 5.75 Å². The van der Waals surface area contributed by atoms with Crippen LogP contribution in [0.25, 0.3) is 16.5 Å². The lowest BCUT2D eigenvalue weighted by molar-refractivity contribution is 0.410. The summed E-state index contributed by atoms with van der Waals surface area (Å²) in [6.07, 6.45) is 1.67. The molecule has 9 heteroatoms. The molecule has 0 N–H and O–H groups in total. The zero-order chi connectivity index (χ0) is 17.1. The van der Waals surface area contributed by atoms with Gasteiger partial charge in [-0.05, 0) is 34.0 Å². The van der Waals surface area contributed by atoms with Gasteiger partial charge >= 0.3 is 0 Å². The molecule has 0 spiro atoms. The van der Waals surface area contributed by atoms with E-state index in [1.165, 1.54) is 11.8 Å². The predicted molar refractivity (Wildman–Crippen MR) is 95.1 cm³/mol. The minimum absolute atomic E-state index is 0.602. The lowest BCUT2D eigenvalue weighted by Gasteiger charge is -2.08. The molecule has 25 heavy (non-hydrogen) atoms. The molecule has 3 heterocycles. The number of hydrogen-bond donors (Lipinski definition) is 0. The molecular weight excluding hydrogens is 358 g/mol. The fraction of sp³-hybridized carbons (Fsp3) is 0.125. The van der Waals surface area contributed by atoms with E-state index in [4.69, 9.17) is 9.15 Å². The monoisotopic (exact) mass is 371 g/mol. The van der Waals surface area contributed by atoms with Crippen LogP contribution in [-0.2, 0) is 5.75 Å². The maximum Gasteiger partial charge on any atom is 0.236 e. The Morgan fingerprint density at radius 2 is 2.16 bits per heavy atom. The SMILES string of the molecule is COc1ccccc1-n1nnnc1SCc1coc(-c2cccs2)n1. The first kappa shape index (κ1) is 15.9. The number of thioether (sulfide) groups is 1. The second kappa shape index (κ2) is 7.08. The van der Waals surface area contributed by atoms with Crippen LogP contribution in [-0.4, -0.2) is 32.3 Å². The largest absolute Gasteiger partial charge is 0.494 e. The molecule has 0 saturated carbocycles. The average Bonchev–Trinajstić information content (AvgIpc) is 3.40. The minimum Gasteiger partial charge on any atom is -0.494 e. The fourth-order valence-electron chi connectivity index (χ4n) is 2.25. The number of benzene rings is 1. The summed E-state index contributed by atoms with van der Waals surface area (Å²) in [6, 6.07) is 11.6. The Hall–Kier alpha value is -2.65. The molecule has 0 bridgehead atoms. The van der Waals surface area contributed by atoms with Gasteiger partial charge in [-0.3, -0.25) is 0 Å². The van der Waals surface area contributed by atoms with Gasteiger partial charge < -0.3 is 9.15 Å². The quantitative estimate of drug-likeness (QED) is 0.478. The van der Waals surface area contributed by atoms with Gasteiger partial charge in [0, 0.05) is 5.75 Å². The van der Waals surface area contributed by atoms with E-state index in [2.05, 4.69) is 20.5 Å². The van der Waals surface area contributed by atoms with Crippen molar-refractivity contribution in [3.05, 3.63) is 53.7 Å². The molecule has 0 atom stereocenters. The molecule has 4 aromatic rings. The van der Waals surface area contributed by atoms with Gasteiger partial charge in [0.15, 0.2) is 0 Å². The van der Waals surface area contributed by atoms with Crippen molar-refractivity contribution in [3.63, 3.8) is 0 Å². The Labute approximate surface area is 151 Å². The third-order valence-corrected chi connectivity index (χ3v) is 5.20. The highest BCUT2D eigenvalue weighted by Crippen LogP contribution is 2.29. The molecule has 7 nitrogen and oxygen atoms in total. The molecule has 0 radical (unpaired) electrons. The van der Waals surface area contributed by atoms with Crippen LogP contribution in [0, 0.1) is 0 Å². The molecule has 1 aromatic carbocycles. The van der Waals surface area contributed by atoms with E-state index < -0.39 is 0 Å². The van der Waals surface area contributed by atoms with Gasteiger partial charge in [0.25, 0.3) is 0 Å². The first-order valence-electron chi connectivity index (χ1n) is 7.38. The maximum absolute atomic E-state index is 5.54. The Bertz CT molecular complexity index is 965.